The summed E-state index contributed by atoms with van der Waals surface area (Å²) >= 11 is 0. The second kappa shape index (κ2) is 46.6. The molecule has 342 valence electrons. The first-order valence-electron chi connectivity index (χ1n) is 25.0. The Morgan fingerprint density at radius 2 is 0.881 bits per heavy atom. The van der Waals surface area contributed by atoms with Gasteiger partial charge in [-0.2, -0.15) is 0 Å². The van der Waals surface area contributed by atoms with Crippen LogP contribution < -0.4 is 5.32 Å². The Bertz CT molecular complexity index is 1060. The van der Waals surface area contributed by atoms with Crippen molar-refractivity contribution in [2.45, 2.75) is 257 Å². The number of ether oxygens (including phenoxy) is 1. The number of allylic oxidation sites excluding steroid dienone is 10. The van der Waals surface area contributed by atoms with Gasteiger partial charge in [-0.05, 0) is 57.8 Å². The van der Waals surface area contributed by atoms with E-state index in [4.69, 9.17) is 4.74 Å². The van der Waals surface area contributed by atoms with Crippen molar-refractivity contribution < 1.29 is 24.5 Å². The molecule has 0 aromatic rings. The molecule has 3 atom stereocenters. The maximum atomic E-state index is 13.2. The molecule has 0 heterocycles. The summed E-state index contributed by atoms with van der Waals surface area (Å²) in [6.45, 7) is 6.34. The maximum Gasteiger partial charge on any atom is 0.306 e. The van der Waals surface area contributed by atoms with E-state index in [1.54, 1.807) is 0 Å². The topological polar surface area (TPSA) is 95.9 Å². The van der Waals surface area contributed by atoms with Gasteiger partial charge in [0, 0.05) is 6.42 Å². The fourth-order valence-electron chi connectivity index (χ4n) is 7.36. The number of carbonyl (C=O) groups excluding carboxylic acids is 2. The van der Waals surface area contributed by atoms with E-state index in [1.807, 2.05) is 6.08 Å². The summed E-state index contributed by atoms with van der Waals surface area (Å²) in [5, 5.41) is 23.7. The first kappa shape index (κ1) is 56.6. The highest BCUT2D eigenvalue weighted by Gasteiger charge is 2.24. The Hall–Kier alpha value is -2.44. The van der Waals surface area contributed by atoms with Crippen molar-refractivity contribution in [3.8, 4) is 0 Å². The van der Waals surface area contributed by atoms with Gasteiger partial charge < -0.3 is 20.3 Å². The number of aliphatic hydroxyl groups excluding tert-OH is 2. The summed E-state index contributed by atoms with van der Waals surface area (Å²) in [5.74, 6) is -0.569. The van der Waals surface area contributed by atoms with Crippen LogP contribution in [0.15, 0.2) is 60.8 Å². The average Bonchev–Trinajstić information content (AvgIpc) is 3.23. The number of amides is 1. The molecule has 0 saturated carbocycles. The summed E-state index contributed by atoms with van der Waals surface area (Å²) in [6, 6.07) is -0.714. The lowest BCUT2D eigenvalue weighted by Gasteiger charge is -2.24. The molecule has 0 radical (unpaired) electrons. The molecule has 59 heavy (non-hydrogen) atoms. The molecule has 0 aliphatic heterocycles. The van der Waals surface area contributed by atoms with E-state index < -0.39 is 18.2 Å². The number of unbranched alkanes of at least 4 members (excludes halogenated alkanes) is 22. The zero-order valence-corrected chi connectivity index (χ0v) is 38.9. The quantitative estimate of drug-likeness (QED) is 0.0323. The van der Waals surface area contributed by atoms with E-state index in [0.717, 1.165) is 70.6 Å². The lowest BCUT2D eigenvalue weighted by atomic mass is 10.0. The van der Waals surface area contributed by atoms with E-state index in [-0.39, 0.29) is 31.3 Å². The van der Waals surface area contributed by atoms with Gasteiger partial charge in [-0.1, -0.05) is 229 Å². The molecule has 0 spiro atoms. The third-order valence-electron chi connectivity index (χ3n) is 11.1. The second-order valence-corrected chi connectivity index (χ2v) is 16.8. The average molecular weight is 826 g/mol. The van der Waals surface area contributed by atoms with Crippen LogP contribution in [0.5, 0.6) is 0 Å². The minimum Gasteiger partial charge on any atom is -0.462 e. The van der Waals surface area contributed by atoms with Crippen molar-refractivity contribution in [3.63, 3.8) is 0 Å². The standard InChI is InChI=1S/C53H95NO5/c1-4-7-10-13-16-19-22-24-26-27-29-31-34-37-40-43-46-53(58)59-49(44-41-38-35-32-30-28-25-23-20-17-14-11-8-5-2)47-52(57)54-50(48-55)51(56)45-42-39-36-33-21-18-15-12-9-6-3/h7,10,16,19,24,26,29,31,37,40,49-51,55-56H,4-6,8-9,11-15,17-18,20-23,25,27-28,30,32-36,38-39,41-48H2,1-3H3,(H,54,57)/b10-7+,19-16+,26-24+,31-29+,40-37+. The lowest BCUT2D eigenvalue weighted by Crippen LogP contribution is -2.46. The van der Waals surface area contributed by atoms with Crippen LogP contribution in [-0.2, 0) is 14.3 Å². The number of carbonyl (C=O) groups is 2. The molecular formula is C53H95NO5. The van der Waals surface area contributed by atoms with Crippen LogP contribution in [0.25, 0.3) is 0 Å². The van der Waals surface area contributed by atoms with Crippen LogP contribution in [0.4, 0.5) is 0 Å². The van der Waals surface area contributed by atoms with Gasteiger partial charge in [0.25, 0.3) is 0 Å². The van der Waals surface area contributed by atoms with E-state index in [1.165, 1.54) is 116 Å². The highest BCUT2D eigenvalue weighted by atomic mass is 16.5. The fraction of sp³-hybridized carbons (Fsp3) is 0.774. The number of nitrogens with one attached hydrogen (secondary N) is 1. The fourth-order valence-corrected chi connectivity index (χ4v) is 7.36. The zero-order chi connectivity index (χ0) is 43.1. The molecule has 0 saturated heterocycles. The molecule has 0 aliphatic rings. The van der Waals surface area contributed by atoms with E-state index in [2.05, 4.69) is 80.8 Å². The smallest absolute Gasteiger partial charge is 0.306 e. The number of hydrogen-bond donors (Lipinski definition) is 3. The molecule has 0 fully saturated rings. The molecule has 0 aromatic heterocycles. The summed E-state index contributed by atoms with van der Waals surface area (Å²) in [4.78, 5) is 26.1. The molecule has 3 N–H and O–H groups in total. The van der Waals surface area contributed by atoms with Gasteiger partial charge in [0.15, 0.2) is 0 Å². The second-order valence-electron chi connectivity index (χ2n) is 16.8. The van der Waals surface area contributed by atoms with Crippen LogP contribution in [0.3, 0.4) is 0 Å². The van der Waals surface area contributed by atoms with Crippen LogP contribution in [-0.4, -0.2) is 46.9 Å². The van der Waals surface area contributed by atoms with Crippen LogP contribution in [0.2, 0.25) is 0 Å². The van der Waals surface area contributed by atoms with Crippen molar-refractivity contribution in [2.75, 3.05) is 6.61 Å². The summed E-state index contributed by atoms with van der Waals surface area (Å²) in [6.07, 6.45) is 57.2. The molecule has 0 aliphatic carbocycles. The van der Waals surface area contributed by atoms with Crippen molar-refractivity contribution in [2.24, 2.45) is 0 Å². The molecular weight excluding hydrogens is 731 g/mol. The van der Waals surface area contributed by atoms with Gasteiger partial charge in [-0.3, -0.25) is 9.59 Å². The van der Waals surface area contributed by atoms with Gasteiger partial charge in [-0.15, -0.1) is 0 Å². The van der Waals surface area contributed by atoms with Crippen molar-refractivity contribution in [3.05, 3.63) is 60.8 Å². The van der Waals surface area contributed by atoms with Crippen molar-refractivity contribution >= 4 is 11.9 Å². The minimum absolute atomic E-state index is 0.0489. The molecule has 6 nitrogen and oxygen atoms in total. The first-order valence-corrected chi connectivity index (χ1v) is 25.0. The molecule has 1 amide bonds. The van der Waals surface area contributed by atoms with Crippen molar-refractivity contribution in [1.82, 2.24) is 5.32 Å². The Morgan fingerprint density at radius 1 is 0.508 bits per heavy atom. The lowest BCUT2D eigenvalue weighted by molar-refractivity contribution is -0.150. The van der Waals surface area contributed by atoms with E-state index in [0.29, 0.717) is 19.3 Å². The van der Waals surface area contributed by atoms with Gasteiger partial charge in [-0.25, -0.2) is 0 Å². The minimum atomic E-state index is -0.798. The molecule has 0 rings (SSSR count). The van der Waals surface area contributed by atoms with Crippen LogP contribution in [0.1, 0.15) is 239 Å². The third kappa shape index (κ3) is 42.1. The number of esters is 1. The summed E-state index contributed by atoms with van der Waals surface area (Å²) in [5.41, 5.74) is 0. The monoisotopic (exact) mass is 826 g/mol. The van der Waals surface area contributed by atoms with E-state index >= 15 is 0 Å². The normalized spacial score (nSPS) is 13.8. The Morgan fingerprint density at radius 3 is 1.29 bits per heavy atom. The molecule has 3 unspecified atom stereocenters. The number of aliphatic hydroxyl groups is 2. The van der Waals surface area contributed by atoms with Gasteiger partial charge >= 0.3 is 5.97 Å². The molecule has 0 bridgehead atoms. The SMILES string of the molecule is CC/C=C/C/C=C/C/C=C/C/C=C/C/C=C/CCC(=O)OC(CCCCCCCCCCCCCCCC)CC(=O)NC(CO)C(O)CCCCCCCCCCCC. The maximum absolute atomic E-state index is 13.2. The van der Waals surface area contributed by atoms with Gasteiger partial charge in [0.05, 0.1) is 25.2 Å². The Labute approximate surface area is 365 Å². The summed E-state index contributed by atoms with van der Waals surface area (Å²) < 4.78 is 5.89. The predicted octanol–water partition coefficient (Wildman–Crippen LogP) is 14.8. The zero-order valence-electron chi connectivity index (χ0n) is 38.9. The number of rotatable bonds is 44. The molecule has 0 aromatic carbocycles. The Balaban J connectivity index is 4.69. The highest BCUT2D eigenvalue weighted by Crippen LogP contribution is 2.18. The largest absolute Gasteiger partial charge is 0.462 e. The van der Waals surface area contributed by atoms with Crippen LogP contribution in [0, 0.1) is 0 Å². The third-order valence-corrected chi connectivity index (χ3v) is 11.1. The predicted molar refractivity (Wildman–Crippen MR) is 255 cm³/mol. The first-order chi connectivity index (χ1) is 29.0. The van der Waals surface area contributed by atoms with Crippen LogP contribution >= 0.6 is 0 Å². The molecule has 6 heteroatoms. The van der Waals surface area contributed by atoms with Gasteiger partial charge in [0.1, 0.15) is 6.10 Å². The summed E-state index contributed by atoms with van der Waals surface area (Å²) in [7, 11) is 0. The highest BCUT2D eigenvalue weighted by molar-refractivity contribution is 5.77. The van der Waals surface area contributed by atoms with Gasteiger partial charge in [0.2, 0.25) is 5.91 Å². The number of hydrogen-bond acceptors (Lipinski definition) is 5. The Kier molecular flexibility index (Phi) is 44.7. The van der Waals surface area contributed by atoms with E-state index in [9.17, 15) is 19.8 Å². The van der Waals surface area contributed by atoms with Crippen molar-refractivity contribution in [1.29, 1.82) is 0 Å².